The van der Waals surface area contributed by atoms with Crippen molar-refractivity contribution in [2.75, 3.05) is 25.1 Å². The monoisotopic (exact) mass is 629 g/mol. The first kappa shape index (κ1) is 33.7. The second-order valence-corrected chi connectivity index (χ2v) is 13.7. The fourth-order valence-corrected chi connectivity index (χ4v) is 6.24. The van der Waals surface area contributed by atoms with E-state index in [9.17, 15) is 18.0 Å². The molecule has 0 aromatic heterocycles. The van der Waals surface area contributed by atoms with E-state index < -0.39 is 34.1 Å². The van der Waals surface area contributed by atoms with Gasteiger partial charge >= 0.3 is 0 Å². The molecule has 0 fully saturated rings. The predicted octanol–water partition coefficient (Wildman–Crippen LogP) is 5.50. The van der Waals surface area contributed by atoms with Crippen LogP contribution < -0.4 is 19.1 Å². The summed E-state index contributed by atoms with van der Waals surface area (Å²) in [5, 5.41) is 3.39. The van der Waals surface area contributed by atoms with Gasteiger partial charge in [0.2, 0.25) is 11.8 Å². The molecule has 2 amide bonds. The van der Waals surface area contributed by atoms with E-state index in [1.54, 1.807) is 43.3 Å². The van der Waals surface area contributed by atoms with Crippen LogP contribution in [-0.2, 0) is 26.2 Å². The van der Waals surface area contributed by atoms with Gasteiger partial charge in [0.1, 0.15) is 12.6 Å². The minimum atomic E-state index is -4.30. The molecule has 0 radical (unpaired) electrons. The van der Waals surface area contributed by atoms with Gasteiger partial charge in [-0.1, -0.05) is 29.8 Å². The summed E-state index contributed by atoms with van der Waals surface area (Å²) < 4.78 is 40.2. The lowest BCUT2D eigenvalue weighted by molar-refractivity contribution is -0.140. The molecule has 1 N–H and O–H groups in total. The Kier molecular flexibility index (Phi) is 10.7. The Balaban J connectivity index is 2.12. The Morgan fingerprint density at radius 2 is 1.56 bits per heavy atom. The minimum Gasteiger partial charge on any atom is -0.493 e. The number of nitrogens with zero attached hydrogens (tertiary/aromatic N) is 2. The normalized spacial score (nSPS) is 12.3. The molecule has 0 aliphatic heterocycles. The average Bonchev–Trinajstić information content (AvgIpc) is 2.92. The maximum Gasteiger partial charge on any atom is 0.264 e. The number of carbonyl (C=O) groups excluding carboxylic acids is 2. The summed E-state index contributed by atoms with van der Waals surface area (Å²) in [6.07, 6.45) is 0. The molecule has 0 bridgehead atoms. The molecule has 0 aliphatic rings. The quantitative estimate of drug-likeness (QED) is 0.300. The van der Waals surface area contributed by atoms with Crippen molar-refractivity contribution in [3.8, 4) is 11.5 Å². The molecule has 1 atom stereocenters. The number of sulfonamides is 1. The molecule has 0 saturated carbocycles. The predicted molar refractivity (Wildman–Crippen MR) is 169 cm³/mol. The summed E-state index contributed by atoms with van der Waals surface area (Å²) in [5.41, 5.74) is 2.11. The van der Waals surface area contributed by atoms with Crippen molar-refractivity contribution in [3.63, 3.8) is 0 Å². The van der Waals surface area contributed by atoms with Crippen LogP contribution in [0.4, 0.5) is 5.69 Å². The van der Waals surface area contributed by atoms with Gasteiger partial charge < -0.3 is 19.7 Å². The number of methoxy groups -OCH3 is 2. The first-order chi connectivity index (χ1) is 20.0. The van der Waals surface area contributed by atoms with E-state index in [0.717, 1.165) is 15.4 Å². The van der Waals surface area contributed by atoms with E-state index in [1.165, 1.54) is 37.3 Å². The van der Waals surface area contributed by atoms with E-state index in [-0.39, 0.29) is 23.1 Å². The largest absolute Gasteiger partial charge is 0.493 e. The van der Waals surface area contributed by atoms with Crippen LogP contribution in [0.3, 0.4) is 0 Å². The number of hydrogen-bond acceptors (Lipinski definition) is 6. The number of nitrogens with one attached hydrogen (secondary N) is 1. The van der Waals surface area contributed by atoms with Crippen LogP contribution in [-0.4, -0.2) is 57.5 Å². The summed E-state index contributed by atoms with van der Waals surface area (Å²) in [4.78, 5) is 28.7. The highest BCUT2D eigenvalue weighted by Gasteiger charge is 2.34. The minimum absolute atomic E-state index is 0.0369. The zero-order valence-electron chi connectivity index (χ0n) is 25.9. The molecule has 3 aromatic carbocycles. The van der Waals surface area contributed by atoms with Gasteiger partial charge in [0, 0.05) is 23.2 Å². The highest BCUT2D eigenvalue weighted by Crippen LogP contribution is 2.33. The lowest BCUT2D eigenvalue weighted by atomic mass is 10.1. The van der Waals surface area contributed by atoms with Gasteiger partial charge in [-0.15, -0.1) is 0 Å². The van der Waals surface area contributed by atoms with Crippen molar-refractivity contribution in [2.45, 2.75) is 64.6 Å². The van der Waals surface area contributed by atoms with Gasteiger partial charge in [-0.3, -0.25) is 13.9 Å². The highest BCUT2D eigenvalue weighted by atomic mass is 35.5. The van der Waals surface area contributed by atoms with E-state index in [0.29, 0.717) is 22.0 Å². The number of benzene rings is 3. The van der Waals surface area contributed by atoms with Crippen molar-refractivity contribution < 1.29 is 27.5 Å². The van der Waals surface area contributed by atoms with Crippen LogP contribution >= 0.6 is 11.6 Å². The lowest BCUT2D eigenvalue weighted by Gasteiger charge is -2.33. The molecule has 11 heteroatoms. The number of carbonyl (C=O) groups is 2. The Hall–Kier alpha value is -3.76. The van der Waals surface area contributed by atoms with Gasteiger partial charge in [0.05, 0.1) is 24.8 Å². The Labute approximate surface area is 259 Å². The second kappa shape index (κ2) is 13.7. The molecule has 0 unspecified atom stereocenters. The van der Waals surface area contributed by atoms with Crippen LogP contribution in [0.5, 0.6) is 11.5 Å². The SMILES string of the molecule is COc1ccc(S(=O)(=O)N(CC(=O)N(Cc2cccc(Cl)c2)[C@@H](C)C(=O)NC(C)(C)C)c2cc(C)cc(C)c2)cc1OC. The molecular formula is C32H40ClN3O6S. The fourth-order valence-electron chi connectivity index (χ4n) is 4.62. The number of amides is 2. The molecule has 3 rings (SSSR count). The molecule has 0 saturated heterocycles. The molecule has 232 valence electrons. The Bertz CT molecular complexity index is 1570. The van der Waals surface area contributed by atoms with Crippen LogP contribution in [0.2, 0.25) is 5.02 Å². The summed E-state index contributed by atoms with van der Waals surface area (Å²) >= 11 is 6.22. The average molecular weight is 630 g/mol. The maximum absolute atomic E-state index is 14.2. The van der Waals surface area contributed by atoms with Crippen molar-refractivity contribution in [2.24, 2.45) is 0 Å². The van der Waals surface area contributed by atoms with Gasteiger partial charge in [-0.25, -0.2) is 8.42 Å². The van der Waals surface area contributed by atoms with E-state index in [4.69, 9.17) is 21.1 Å². The topological polar surface area (TPSA) is 105 Å². The summed E-state index contributed by atoms with van der Waals surface area (Å²) in [6.45, 7) is 10.3. The molecule has 0 spiro atoms. The molecular weight excluding hydrogens is 590 g/mol. The van der Waals surface area contributed by atoms with E-state index >= 15 is 0 Å². The van der Waals surface area contributed by atoms with Gasteiger partial charge in [0.25, 0.3) is 10.0 Å². The van der Waals surface area contributed by atoms with Crippen molar-refractivity contribution in [1.82, 2.24) is 10.2 Å². The zero-order chi connectivity index (χ0) is 32.1. The van der Waals surface area contributed by atoms with Crippen LogP contribution in [0, 0.1) is 13.8 Å². The highest BCUT2D eigenvalue weighted by molar-refractivity contribution is 7.92. The third kappa shape index (κ3) is 8.64. The summed E-state index contributed by atoms with van der Waals surface area (Å²) in [6, 6.07) is 15.6. The van der Waals surface area contributed by atoms with E-state index in [1.807, 2.05) is 40.7 Å². The van der Waals surface area contributed by atoms with Gasteiger partial charge in [0.15, 0.2) is 11.5 Å². The summed E-state index contributed by atoms with van der Waals surface area (Å²) in [5.74, 6) is -0.351. The molecule has 0 aliphatic carbocycles. The number of anilines is 1. The molecule has 0 heterocycles. The first-order valence-corrected chi connectivity index (χ1v) is 15.6. The smallest absolute Gasteiger partial charge is 0.264 e. The third-order valence-electron chi connectivity index (χ3n) is 6.62. The van der Waals surface area contributed by atoms with Crippen molar-refractivity contribution >= 4 is 39.1 Å². The number of halogens is 1. The number of aryl methyl sites for hydroxylation is 2. The van der Waals surface area contributed by atoms with E-state index in [2.05, 4.69) is 5.32 Å². The number of hydrogen-bond donors (Lipinski definition) is 1. The summed E-state index contributed by atoms with van der Waals surface area (Å²) in [7, 11) is -1.43. The number of ether oxygens (including phenoxy) is 2. The van der Waals surface area contributed by atoms with Crippen molar-refractivity contribution in [1.29, 1.82) is 0 Å². The lowest BCUT2D eigenvalue weighted by Crippen LogP contribution is -2.54. The molecule has 43 heavy (non-hydrogen) atoms. The number of rotatable bonds is 11. The molecule has 3 aromatic rings. The van der Waals surface area contributed by atoms with Crippen LogP contribution in [0.15, 0.2) is 65.6 Å². The van der Waals surface area contributed by atoms with Crippen LogP contribution in [0.1, 0.15) is 44.4 Å². The molecule has 9 nitrogen and oxygen atoms in total. The van der Waals surface area contributed by atoms with Crippen molar-refractivity contribution in [3.05, 3.63) is 82.4 Å². The zero-order valence-corrected chi connectivity index (χ0v) is 27.5. The fraction of sp³-hybridized carbons (Fsp3) is 0.375. The van der Waals surface area contributed by atoms with Gasteiger partial charge in [-0.2, -0.15) is 0 Å². The Morgan fingerprint density at radius 3 is 2.12 bits per heavy atom. The first-order valence-electron chi connectivity index (χ1n) is 13.7. The maximum atomic E-state index is 14.2. The third-order valence-corrected chi connectivity index (χ3v) is 8.63. The van der Waals surface area contributed by atoms with Crippen LogP contribution in [0.25, 0.3) is 0 Å². The standard InChI is InChI=1S/C32H40ClN3O6S/c1-21-14-22(2)16-26(15-21)36(43(39,40)27-12-13-28(41-7)29(18-27)42-8)20-30(37)35(19-24-10-9-11-25(33)17-24)23(3)31(38)34-32(4,5)6/h9-18,23H,19-20H2,1-8H3,(H,34,38)/t23-/m0/s1. The van der Waals surface area contributed by atoms with Gasteiger partial charge in [-0.05, 0) is 94.6 Å². The Morgan fingerprint density at radius 1 is 0.930 bits per heavy atom. The second-order valence-electron chi connectivity index (χ2n) is 11.4.